The van der Waals surface area contributed by atoms with Crippen molar-refractivity contribution in [2.75, 3.05) is 33.4 Å². The number of aliphatic carboxylic acids is 1. The molecule has 1 aliphatic heterocycles. The fourth-order valence-electron chi connectivity index (χ4n) is 2.03. The lowest BCUT2D eigenvalue weighted by Gasteiger charge is -2.22. The van der Waals surface area contributed by atoms with E-state index in [-0.39, 0.29) is 12.2 Å². The average Bonchev–Trinajstić information content (AvgIpc) is 2.94. The average molecular weight is 300 g/mol. The number of aldehydes is 1. The Morgan fingerprint density at radius 1 is 1.48 bits per heavy atom. The van der Waals surface area contributed by atoms with Gasteiger partial charge in [-0.2, -0.15) is 0 Å². The predicted octanol–water partition coefficient (Wildman–Crippen LogP) is 1.71. The van der Waals surface area contributed by atoms with Gasteiger partial charge in [-0.3, -0.25) is 9.69 Å². The molecule has 0 spiro atoms. The number of carbonyl (C=O) groups is 2. The second-order valence-electron chi connectivity index (χ2n) is 4.48. The minimum atomic E-state index is -1.24. The Labute approximate surface area is 125 Å². The molecule has 0 aromatic carbocycles. The van der Waals surface area contributed by atoms with Crippen molar-refractivity contribution in [1.82, 2.24) is 9.80 Å². The van der Waals surface area contributed by atoms with Gasteiger partial charge in [0.2, 0.25) is 0 Å². The van der Waals surface area contributed by atoms with E-state index in [4.69, 9.17) is 5.11 Å². The molecule has 1 aliphatic rings. The van der Waals surface area contributed by atoms with E-state index in [2.05, 4.69) is 4.90 Å². The van der Waals surface area contributed by atoms with Crippen LogP contribution in [0.15, 0.2) is 23.9 Å². The summed E-state index contributed by atoms with van der Waals surface area (Å²) < 4.78 is 12.2. The quantitative estimate of drug-likeness (QED) is 0.255. The topological polar surface area (TPSA) is 60.9 Å². The molecule has 0 aliphatic carbocycles. The van der Waals surface area contributed by atoms with E-state index in [0.717, 1.165) is 19.5 Å². The maximum atomic E-state index is 12.2. The Morgan fingerprint density at radius 3 is 2.67 bits per heavy atom. The molecule has 1 heterocycles. The summed E-state index contributed by atoms with van der Waals surface area (Å²) in [4.78, 5) is 25.1. The number of halogens is 1. The molecule has 1 saturated heterocycles. The van der Waals surface area contributed by atoms with Crippen LogP contribution >= 0.6 is 0 Å². The third-order valence-corrected chi connectivity index (χ3v) is 3.20. The van der Waals surface area contributed by atoms with E-state index in [0.29, 0.717) is 18.9 Å². The Bertz CT molecular complexity index is 383. The molecule has 0 bridgehead atoms. The van der Waals surface area contributed by atoms with Gasteiger partial charge < -0.3 is 10.0 Å². The normalized spacial score (nSPS) is 19.2. The zero-order valence-electron chi connectivity index (χ0n) is 13.0. The minimum absolute atomic E-state index is 0.282. The molecule has 6 heteroatoms. The van der Waals surface area contributed by atoms with Gasteiger partial charge in [-0.05, 0) is 24.8 Å². The highest BCUT2D eigenvalue weighted by atomic mass is 19.1. The number of carbonyl (C=O) groups excluding carboxylic acids is 1. The molecule has 1 fully saturated rings. The lowest BCUT2D eigenvalue weighted by molar-refractivity contribution is -0.133. The molecule has 0 saturated carbocycles. The van der Waals surface area contributed by atoms with E-state index in [9.17, 15) is 14.0 Å². The van der Waals surface area contributed by atoms with Crippen molar-refractivity contribution < 1.29 is 19.1 Å². The van der Waals surface area contributed by atoms with Crippen LogP contribution in [0.4, 0.5) is 4.39 Å². The highest BCUT2D eigenvalue weighted by molar-refractivity contribution is 6.06. The number of allylic oxidation sites excluding steroid dienone is 2. The van der Waals surface area contributed by atoms with E-state index in [1.165, 1.54) is 12.2 Å². The number of hydrogen-bond acceptors (Lipinski definition) is 4. The number of likely N-dealkylation sites (tertiary alicyclic amines) is 1. The SMILES string of the molecule is CC.CN(/C=C\C=C(/C=O)C(=O)O)C1CCN(CCF)C1. The molecule has 1 atom stereocenters. The molecular weight excluding hydrogens is 275 g/mol. The zero-order chi connectivity index (χ0) is 16.3. The largest absolute Gasteiger partial charge is 0.478 e. The lowest BCUT2D eigenvalue weighted by Crippen LogP contribution is -2.31. The molecule has 1 rings (SSSR count). The van der Waals surface area contributed by atoms with Gasteiger partial charge in [-0.25, -0.2) is 9.18 Å². The molecule has 5 nitrogen and oxygen atoms in total. The first-order valence-electron chi connectivity index (χ1n) is 7.15. The van der Waals surface area contributed by atoms with E-state index in [1.807, 2.05) is 25.8 Å². The van der Waals surface area contributed by atoms with Crippen LogP contribution < -0.4 is 0 Å². The number of carboxylic acids is 1. The third kappa shape index (κ3) is 7.04. The van der Waals surface area contributed by atoms with Gasteiger partial charge >= 0.3 is 5.97 Å². The summed E-state index contributed by atoms with van der Waals surface area (Å²) in [7, 11) is 1.88. The van der Waals surface area contributed by atoms with Crippen LogP contribution in [0.5, 0.6) is 0 Å². The molecule has 0 aromatic rings. The van der Waals surface area contributed by atoms with E-state index >= 15 is 0 Å². The molecule has 0 amide bonds. The van der Waals surface area contributed by atoms with Crippen molar-refractivity contribution in [2.45, 2.75) is 26.3 Å². The second-order valence-corrected chi connectivity index (χ2v) is 4.48. The first kappa shape index (κ1) is 19.3. The lowest BCUT2D eigenvalue weighted by atomic mass is 10.2. The first-order valence-corrected chi connectivity index (χ1v) is 7.15. The van der Waals surface area contributed by atoms with E-state index in [1.54, 1.807) is 6.20 Å². The van der Waals surface area contributed by atoms with Gasteiger partial charge in [-0.15, -0.1) is 0 Å². The first-order chi connectivity index (χ1) is 10.1. The van der Waals surface area contributed by atoms with Gasteiger partial charge in [0, 0.05) is 32.7 Å². The van der Waals surface area contributed by atoms with E-state index < -0.39 is 5.97 Å². The zero-order valence-corrected chi connectivity index (χ0v) is 13.0. The van der Waals surface area contributed by atoms with Crippen molar-refractivity contribution in [2.24, 2.45) is 0 Å². The van der Waals surface area contributed by atoms with Gasteiger partial charge in [0.05, 0.1) is 5.57 Å². The van der Waals surface area contributed by atoms with Crippen molar-refractivity contribution in [3.05, 3.63) is 23.9 Å². The third-order valence-electron chi connectivity index (χ3n) is 3.20. The summed E-state index contributed by atoms with van der Waals surface area (Å²) >= 11 is 0. The Morgan fingerprint density at radius 2 is 2.14 bits per heavy atom. The maximum Gasteiger partial charge on any atom is 0.339 e. The number of alkyl halides is 1. The fraction of sp³-hybridized carbons (Fsp3) is 0.600. The van der Waals surface area contributed by atoms with Gasteiger partial charge in [0.15, 0.2) is 6.29 Å². The summed E-state index contributed by atoms with van der Waals surface area (Å²) in [6, 6.07) is 0.292. The fourth-order valence-corrected chi connectivity index (χ4v) is 2.03. The number of rotatable bonds is 7. The summed E-state index contributed by atoms with van der Waals surface area (Å²) in [6.45, 7) is 5.80. The summed E-state index contributed by atoms with van der Waals surface area (Å²) in [6.07, 6.45) is 5.79. The Balaban J connectivity index is 0.00000191. The van der Waals surface area contributed by atoms with Gasteiger partial charge in [-0.1, -0.05) is 13.8 Å². The van der Waals surface area contributed by atoms with Crippen LogP contribution in [0.25, 0.3) is 0 Å². The highest BCUT2D eigenvalue weighted by Gasteiger charge is 2.23. The molecular formula is C15H25FN2O3. The van der Waals surface area contributed by atoms with Gasteiger partial charge in [0.25, 0.3) is 0 Å². The molecule has 1 unspecified atom stereocenters. The van der Waals surface area contributed by atoms with Crippen molar-refractivity contribution in [1.29, 1.82) is 0 Å². The molecule has 21 heavy (non-hydrogen) atoms. The summed E-state index contributed by atoms with van der Waals surface area (Å²) in [5.41, 5.74) is -0.282. The number of likely N-dealkylation sites (N-methyl/N-ethyl adjacent to an activating group) is 1. The van der Waals surface area contributed by atoms with Crippen LogP contribution in [0.3, 0.4) is 0 Å². The second kappa shape index (κ2) is 11.0. The Kier molecular flexibility index (Phi) is 10.1. The monoisotopic (exact) mass is 300 g/mol. The van der Waals surface area contributed by atoms with Gasteiger partial charge in [0.1, 0.15) is 6.67 Å². The van der Waals surface area contributed by atoms with Crippen LogP contribution in [-0.4, -0.2) is 66.6 Å². The number of carboxylic acid groups (broad SMARTS) is 1. The number of nitrogens with zero attached hydrogens (tertiary/aromatic N) is 2. The van der Waals surface area contributed by atoms with Crippen molar-refractivity contribution in [3.8, 4) is 0 Å². The van der Waals surface area contributed by atoms with Crippen LogP contribution in [0.1, 0.15) is 20.3 Å². The van der Waals surface area contributed by atoms with Crippen LogP contribution in [0.2, 0.25) is 0 Å². The molecule has 120 valence electrons. The molecule has 0 aromatic heterocycles. The minimum Gasteiger partial charge on any atom is -0.478 e. The summed E-state index contributed by atoms with van der Waals surface area (Å²) in [5, 5.41) is 8.65. The van der Waals surface area contributed by atoms with Crippen molar-refractivity contribution >= 4 is 12.3 Å². The smallest absolute Gasteiger partial charge is 0.339 e. The van der Waals surface area contributed by atoms with Crippen molar-refractivity contribution in [3.63, 3.8) is 0 Å². The maximum absolute atomic E-state index is 12.2. The van der Waals surface area contributed by atoms with Crippen LogP contribution in [-0.2, 0) is 9.59 Å². The molecule has 0 radical (unpaired) electrons. The molecule has 1 N–H and O–H groups in total. The standard InChI is InChI=1S/C13H19FN2O3.C2H6/c1-15(6-2-3-11(10-17)13(18)19)12-4-7-16(9-12)8-5-14;1-2/h2-3,6,10,12H,4-5,7-9H2,1H3,(H,18,19);1-2H3/b6-2-,11-3+;. The Hall–Kier alpha value is -1.69. The predicted molar refractivity (Wildman–Crippen MR) is 80.9 cm³/mol. The number of hydrogen-bond donors (Lipinski definition) is 1. The summed E-state index contributed by atoms with van der Waals surface area (Å²) in [5.74, 6) is -1.24. The highest BCUT2D eigenvalue weighted by Crippen LogP contribution is 2.14. The van der Waals surface area contributed by atoms with Crippen LogP contribution in [0, 0.1) is 0 Å².